The van der Waals surface area contributed by atoms with E-state index in [1.807, 2.05) is 23.1 Å². The van der Waals surface area contributed by atoms with Crippen LogP contribution in [0.25, 0.3) is 0 Å². The lowest BCUT2D eigenvalue weighted by atomic mass is 10.1. The minimum atomic E-state index is -3.02. The standard InChI is InChI=1S/C18H26N2O5S/c1-24-16-4-3-14(11-17(16)25-2)12-19-6-8-20(9-7-19)18(21)15-5-10-26(22,23)13-15/h3-4,11,15H,5-10,12-13H2,1-2H3/t15-/m0/s1. The van der Waals surface area contributed by atoms with Crippen molar-refractivity contribution in [3.63, 3.8) is 0 Å². The Morgan fingerprint density at radius 1 is 1.12 bits per heavy atom. The van der Waals surface area contributed by atoms with Gasteiger partial charge in [-0.3, -0.25) is 9.69 Å². The highest BCUT2D eigenvalue weighted by molar-refractivity contribution is 7.91. The molecule has 26 heavy (non-hydrogen) atoms. The Hall–Kier alpha value is -1.80. The molecule has 0 aliphatic carbocycles. The predicted octanol–water partition coefficient (Wildman–Crippen LogP) is 0.783. The number of benzene rings is 1. The summed E-state index contributed by atoms with van der Waals surface area (Å²) in [7, 11) is 0.212. The summed E-state index contributed by atoms with van der Waals surface area (Å²) in [5, 5.41) is 0. The molecular weight excluding hydrogens is 356 g/mol. The van der Waals surface area contributed by atoms with Gasteiger partial charge in [-0.05, 0) is 24.1 Å². The molecule has 1 aromatic rings. The van der Waals surface area contributed by atoms with Gasteiger partial charge in [-0.1, -0.05) is 6.07 Å². The van der Waals surface area contributed by atoms with Gasteiger partial charge in [0.25, 0.3) is 0 Å². The number of nitrogens with zero attached hydrogens (tertiary/aromatic N) is 2. The average molecular weight is 382 g/mol. The second-order valence-corrected chi connectivity index (χ2v) is 9.12. The SMILES string of the molecule is COc1ccc(CN2CCN(C(=O)[C@H]3CCS(=O)(=O)C3)CC2)cc1OC. The Balaban J connectivity index is 1.53. The summed E-state index contributed by atoms with van der Waals surface area (Å²) in [6.45, 7) is 3.62. The Bertz CT molecular complexity index is 757. The van der Waals surface area contributed by atoms with Gasteiger partial charge in [-0.2, -0.15) is 0 Å². The number of carbonyl (C=O) groups excluding carboxylic acids is 1. The molecule has 0 unspecified atom stereocenters. The van der Waals surface area contributed by atoms with Gasteiger partial charge in [0, 0.05) is 32.7 Å². The fourth-order valence-corrected chi connectivity index (χ4v) is 5.34. The van der Waals surface area contributed by atoms with E-state index in [4.69, 9.17) is 9.47 Å². The van der Waals surface area contributed by atoms with E-state index in [0.717, 1.165) is 25.2 Å². The van der Waals surface area contributed by atoms with Crippen LogP contribution in [0.3, 0.4) is 0 Å². The highest BCUT2D eigenvalue weighted by Gasteiger charge is 2.36. The van der Waals surface area contributed by atoms with Crippen LogP contribution < -0.4 is 9.47 Å². The first-order chi connectivity index (χ1) is 12.4. The topological polar surface area (TPSA) is 76.2 Å². The first kappa shape index (κ1) is 19.0. The number of piperazine rings is 1. The van der Waals surface area contributed by atoms with Gasteiger partial charge < -0.3 is 14.4 Å². The molecule has 0 radical (unpaired) electrons. The van der Waals surface area contributed by atoms with E-state index in [0.29, 0.717) is 31.0 Å². The van der Waals surface area contributed by atoms with E-state index in [-0.39, 0.29) is 23.3 Å². The van der Waals surface area contributed by atoms with E-state index in [1.54, 1.807) is 14.2 Å². The number of sulfone groups is 1. The van der Waals surface area contributed by atoms with E-state index >= 15 is 0 Å². The summed E-state index contributed by atoms with van der Waals surface area (Å²) >= 11 is 0. The third-order valence-corrected chi connectivity index (χ3v) is 6.89. The average Bonchev–Trinajstić information content (AvgIpc) is 3.01. The van der Waals surface area contributed by atoms with Crippen molar-refractivity contribution in [2.24, 2.45) is 5.92 Å². The summed E-state index contributed by atoms with van der Waals surface area (Å²) in [5.41, 5.74) is 1.13. The number of hydrogen-bond donors (Lipinski definition) is 0. The van der Waals surface area contributed by atoms with Gasteiger partial charge >= 0.3 is 0 Å². The molecule has 0 bridgehead atoms. The Morgan fingerprint density at radius 2 is 1.81 bits per heavy atom. The summed E-state index contributed by atoms with van der Waals surface area (Å²) in [5.74, 6) is 1.22. The van der Waals surface area contributed by atoms with Crippen molar-refractivity contribution in [3.8, 4) is 11.5 Å². The normalized spacial score (nSPS) is 23.0. The fourth-order valence-electron chi connectivity index (χ4n) is 3.61. The summed E-state index contributed by atoms with van der Waals surface area (Å²) in [6.07, 6.45) is 0.465. The quantitative estimate of drug-likeness (QED) is 0.749. The van der Waals surface area contributed by atoms with Crippen LogP contribution in [0, 0.1) is 5.92 Å². The molecule has 3 rings (SSSR count). The Kier molecular flexibility index (Phi) is 5.72. The number of hydrogen-bond acceptors (Lipinski definition) is 6. The molecule has 144 valence electrons. The summed E-state index contributed by atoms with van der Waals surface area (Å²) in [6, 6.07) is 5.89. The maximum Gasteiger partial charge on any atom is 0.226 e. The molecule has 0 aromatic heterocycles. The second-order valence-electron chi connectivity index (χ2n) is 6.89. The zero-order chi connectivity index (χ0) is 18.7. The Morgan fingerprint density at radius 3 is 2.38 bits per heavy atom. The minimum Gasteiger partial charge on any atom is -0.493 e. The molecule has 7 nitrogen and oxygen atoms in total. The fraction of sp³-hybridized carbons (Fsp3) is 0.611. The molecule has 2 saturated heterocycles. The summed E-state index contributed by atoms with van der Waals surface area (Å²) in [4.78, 5) is 16.6. The van der Waals surface area contributed by atoms with Gasteiger partial charge in [-0.15, -0.1) is 0 Å². The van der Waals surface area contributed by atoms with Gasteiger partial charge in [0.05, 0.1) is 31.6 Å². The van der Waals surface area contributed by atoms with Crippen LogP contribution >= 0.6 is 0 Å². The van der Waals surface area contributed by atoms with Crippen LogP contribution in [0.5, 0.6) is 11.5 Å². The zero-order valence-electron chi connectivity index (χ0n) is 15.3. The van der Waals surface area contributed by atoms with Crippen LogP contribution in [0.1, 0.15) is 12.0 Å². The predicted molar refractivity (Wildman–Crippen MR) is 98.2 cm³/mol. The van der Waals surface area contributed by atoms with Crippen LogP contribution in [-0.2, 0) is 21.2 Å². The lowest BCUT2D eigenvalue weighted by Crippen LogP contribution is -2.50. The van der Waals surface area contributed by atoms with Crippen molar-refractivity contribution in [2.75, 3.05) is 51.9 Å². The van der Waals surface area contributed by atoms with Crippen molar-refractivity contribution in [3.05, 3.63) is 23.8 Å². The van der Waals surface area contributed by atoms with Crippen molar-refractivity contribution >= 4 is 15.7 Å². The number of carbonyl (C=O) groups is 1. The first-order valence-electron chi connectivity index (χ1n) is 8.84. The molecule has 1 atom stereocenters. The third-order valence-electron chi connectivity index (χ3n) is 5.12. The maximum atomic E-state index is 12.5. The largest absolute Gasteiger partial charge is 0.493 e. The molecule has 0 saturated carbocycles. The number of amides is 1. The molecule has 0 N–H and O–H groups in total. The molecular formula is C18H26N2O5S. The first-order valence-corrected chi connectivity index (χ1v) is 10.7. The minimum absolute atomic E-state index is 0.00292. The van der Waals surface area contributed by atoms with E-state index in [9.17, 15) is 13.2 Å². The van der Waals surface area contributed by atoms with Crippen molar-refractivity contribution in [1.82, 2.24) is 9.80 Å². The lowest BCUT2D eigenvalue weighted by Gasteiger charge is -2.35. The molecule has 2 aliphatic heterocycles. The van der Waals surface area contributed by atoms with Crippen molar-refractivity contribution in [1.29, 1.82) is 0 Å². The van der Waals surface area contributed by atoms with Crippen LogP contribution in [-0.4, -0.2) is 76.0 Å². The van der Waals surface area contributed by atoms with Crippen LogP contribution in [0.4, 0.5) is 0 Å². The molecule has 8 heteroatoms. The highest BCUT2D eigenvalue weighted by Crippen LogP contribution is 2.28. The van der Waals surface area contributed by atoms with Gasteiger partial charge in [0.1, 0.15) is 0 Å². The maximum absolute atomic E-state index is 12.5. The molecule has 0 spiro atoms. The second kappa shape index (κ2) is 7.84. The number of rotatable bonds is 5. The van der Waals surface area contributed by atoms with Gasteiger partial charge in [-0.25, -0.2) is 8.42 Å². The molecule has 2 heterocycles. The van der Waals surface area contributed by atoms with E-state index in [2.05, 4.69) is 4.90 Å². The van der Waals surface area contributed by atoms with E-state index < -0.39 is 9.84 Å². The van der Waals surface area contributed by atoms with Crippen LogP contribution in [0.2, 0.25) is 0 Å². The molecule has 2 fully saturated rings. The summed E-state index contributed by atoms with van der Waals surface area (Å²) < 4.78 is 33.8. The van der Waals surface area contributed by atoms with Crippen molar-refractivity contribution < 1.29 is 22.7 Å². The van der Waals surface area contributed by atoms with Crippen LogP contribution in [0.15, 0.2) is 18.2 Å². The number of methoxy groups -OCH3 is 2. The third kappa shape index (κ3) is 4.29. The smallest absolute Gasteiger partial charge is 0.226 e. The van der Waals surface area contributed by atoms with Gasteiger partial charge in [0.15, 0.2) is 21.3 Å². The highest BCUT2D eigenvalue weighted by atomic mass is 32.2. The van der Waals surface area contributed by atoms with Crippen molar-refractivity contribution in [2.45, 2.75) is 13.0 Å². The number of ether oxygens (including phenoxy) is 2. The lowest BCUT2D eigenvalue weighted by molar-refractivity contribution is -0.136. The van der Waals surface area contributed by atoms with E-state index in [1.165, 1.54) is 0 Å². The zero-order valence-corrected chi connectivity index (χ0v) is 16.1. The molecule has 1 amide bonds. The molecule has 1 aromatic carbocycles. The molecule has 2 aliphatic rings. The van der Waals surface area contributed by atoms with Gasteiger partial charge in [0.2, 0.25) is 5.91 Å². The Labute approximate surface area is 154 Å². The monoisotopic (exact) mass is 382 g/mol.